The summed E-state index contributed by atoms with van der Waals surface area (Å²) in [5.74, 6) is 0.394. The number of rotatable bonds is 4. The van der Waals surface area contributed by atoms with Gasteiger partial charge in [0.05, 0.1) is 11.7 Å². The van der Waals surface area contributed by atoms with Crippen LogP contribution in [0.3, 0.4) is 0 Å². The molecule has 0 bridgehead atoms. The third-order valence-electron chi connectivity index (χ3n) is 3.61. The third-order valence-corrected chi connectivity index (χ3v) is 3.61. The van der Waals surface area contributed by atoms with Gasteiger partial charge in [-0.2, -0.15) is 0 Å². The summed E-state index contributed by atoms with van der Waals surface area (Å²) < 4.78 is 5.65. The fraction of sp³-hybridized carbons (Fsp3) is 1.00. The zero-order valence-corrected chi connectivity index (χ0v) is 9.75. The second-order valence-corrected chi connectivity index (χ2v) is 4.65. The van der Waals surface area contributed by atoms with Gasteiger partial charge in [-0.15, -0.1) is 0 Å². The van der Waals surface area contributed by atoms with E-state index in [0.29, 0.717) is 5.92 Å². The Kier molecular flexibility index (Phi) is 4.39. The molecule has 1 rings (SSSR count). The second-order valence-electron chi connectivity index (χ2n) is 4.65. The highest BCUT2D eigenvalue weighted by Gasteiger charge is 2.38. The van der Waals surface area contributed by atoms with Gasteiger partial charge in [0, 0.05) is 13.0 Å². The Morgan fingerprint density at radius 2 is 2.21 bits per heavy atom. The van der Waals surface area contributed by atoms with Crippen LogP contribution in [0.25, 0.3) is 0 Å². The Bertz CT molecular complexity index is 168. The summed E-state index contributed by atoms with van der Waals surface area (Å²) >= 11 is 0. The molecular formula is C12H24O2. The minimum Gasteiger partial charge on any atom is -0.389 e. The number of aliphatic hydroxyl groups is 1. The van der Waals surface area contributed by atoms with E-state index >= 15 is 0 Å². The van der Waals surface area contributed by atoms with Crippen molar-refractivity contribution in [3.05, 3.63) is 0 Å². The smallest absolute Gasteiger partial charge is 0.0719 e. The van der Waals surface area contributed by atoms with E-state index in [0.717, 1.165) is 38.7 Å². The Morgan fingerprint density at radius 1 is 1.50 bits per heavy atom. The predicted molar refractivity (Wildman–Crippen MR) is 58.3 cm³/mol. The molecule has 0 radical (unpaired) electrons. The van der Waals surface area contributed by atoms with Crippen molar-refractivity contribution in [1.29, 1.82) is 0 Å². The predicted octanol–water partition coefficient (Wildman–Crippen LogP) is 2.74. The maximum Gasteiger partial charge on any atom is 0.0719 e. The summed E-state index contributed by atoms with van der Waals surface area (Å²) in [6.45, 7) is 7.19. The molecule has 0 aromatic rings. The van der Waals surface area contributed by atoms with E-state index in [9.17, 15) is 5.11 Å². The SMILES string of the molecule is CCCC1CC(O)(C(C)CC)CCO1. The van der Waals surface area contributed by atoms with Crippen molar-refractivity contribution in [2.75, 3.05) is 6.61 Å². The van der Waals surface area contributed by atoms with Crippen molar-refractivity contribution < 1.29 is 9.84 Å². The highest BCUT2D eigenvalue weighted by molar-refractivity contribution is 4.89. The average molecular weight is 200 g/mol. The number of hydrogen-bond acceptors (Lipinski definition) is 2. The van der Waals surface area contributed by atoms with Gasteiger partial charge in [-0.25, -0.2) is 0 Å². The van der Waals surface area contributed by atoms with Crippen molar-refractivity contribution in [2.45, 2.75) is 64.6 Å². The Labute approximate surface area is 87.7 Å². The maximum atomic E-state index is 10.5. The summed E-state index contributed by atoms with van der Waals surface area (Å²) in [4.78, 5) is 0. The second kappa shape index (κ2) is 5.13. The van der Waals surface area contributed by atoms with Crippen LogP contribution < -0.4 is 0 Å². The molecule has 2 heteroatoms. The van der Waals surface area contributed by atoms with E-state index in [-0.39, 0.29) is 6.10 Å². The van der Waals surface area contributed by atoms with Gasteiger partial charge in [-0.05, 0) is 18.8 Å². The van der Waals surface area contributed by atoms with Crippen LogP contribution in [-0.2, 0) is 4.74 Å². The highest BCUT2D eigenvalue weighted by Crippen LogP contribution is 2.34. The van der Waals surface area contributed by atoms with Crippen LogP contribution in [0.2, 0.25) is 0 Å². The molecule has 3 atom stereocenters. The molecule has 1 N–H and O–H groups in total. The Balaban J connectivity index is 2.52. The van der Waals surface area contributed by atoms with Crippen molar-refractivity contribution in [2.24, 2.45) is 5.92 Å². The molecule has 0 aromatic carbocycles. The summed E-state index contributed by atoms with van der Waals surface area (Å²) in [5.41, 5.74) is -0.465. The molecule has 0 spiro atoms. The summed E-state index contributed by atoms with van der Waals surface area (Å²) in [6.07, 6.45) is 5.20. The Hall–Kier alpha value is -0.0800. The van der Waals surface area contributed by atoms with E-state index in [2.05, 4.69) is 20.8 Å². The van der Waals surface area contributed by atoms with Crippen LogP contribution >= 0.6 is 0 Å². The standard InChI is InChI=1S/C12H24O2/c1-4-6-11-9-12(13,7-8-14-11)10(3)5-2/h10-11,13H,4-9H2,1-3H3. The summed E-state index contributed by atoms with van der Waals surface area (Å²) in [5, 5.41) is 10.5. The van der Waals surface area contributed by atoms with Crippen molar-refractivity contribution >= 4 is 0 Å². The van der Waals surface area contributed by atoms with E-state index in [4.69, 9.17) is 4.74 Å². The molecule has 2 nitrogen and oxygen atoms in total. The molecular weight excluding hydrogens is 176 g/mol. The highest BCUT2D eigenvalue weighted by atomic mass is 16.5. The first-order valence-electron chi connectivity index (χ1n) is 5.96. The quantitative estimate of drug-likeness (QED) is 0.756. The van der Waals surface area contributed by atoms with Crippen molar-refractivity contribution in [1.82, 2.24) is 0 Å². The minimum atomic E-state index is -0.465. The van der Waals surface area contributed by atoms with Gasteiger partial charge in [-0.3, -0.25) is 0 Å². The fourth-order valence-corrected chi connectivity index (χ4v) is 2.29. The lowest BCUT2D eigenvalue weighted by Crippen LogP contribution is -2.45. The van der Waals surface area contributed by atoms with Gasteiger partial charge in [0.1, 0.15) is 0 Å². The lowest BCUT2D eigenvalue weighted by atomic mass is 9.78. The van der Waals surface area contributed by atoms with Crippen LogP contribution in [0, 0.1) is 5.92 Å². The lowest BCUT2D eigenvalue weighted by Gasteiger charge is -2.40. The first kappa shape index (κ1) is 12.0. The van der Waals surface area contributed by atoms with E-state index in [1.807, 2.05) is 0 Å². The molecule has 1 fully saturated rings. The Morgan fingerprint density at radius 3 is 2.79 bits per heavy atom. The maximum absolute atomic E-state index is 10.5. The zero-order valence-electron chi connectivity index (χ0n) is 9.75. The van der Waals surface area contributed by atoms with E-state index < -0.39 is 5.60 Å². The minimum absolute atomic E-state index is 0.285. The molecule has 0 saturated carbocycles. The molecule has 1 heterocycles. The first-order chi connectivity index (χ1) is 6.62. The van der Waals surface area contributed by atoms with Crippen LogP contribution in [-0.4, -0.2) is 23.4 Å². The fourth-order valence-electron chi connectivity index (χ4n) is 2.29. The molecule has 1 aliphatic heterocycles. The molecule has 1 aliphatic rings. The van der Waals surface area contributed by atoms with Gasteiger partial charge in [0.2, 0.25) is 0 Å². The van der Waals surface area contributed by atoms with E-state index in [1.165, 1.54) is 0 Å². The van der Waals surface area contributed by atoms with Gasteiger partial charge in [0.15, 0.2) is 0 Å². The van der Waals surface area contributed by atoms with Gasteiger partial charge < -0.3 is 9.84 Å². The molecule has 0 aromatic heterocycles. The summed E-state index contributed by atoms with van der Waals surface area (Å²) in [6, 6.07) is 0. The van der Waals surface area contributed by atoms with Crippen molar-refractivity contribution in [3.63, 3.8) is 0 Å². The summed E-state index contributed by atoms with van der Waals surface area (Å²) in [7, 11) is 0. The molecule has 1 saturated heterocycles. The topological polar surface area (TPSA) is 29.5 Å². The van der Waals surface area contributed by atoms with Gasteiger partial charge in [-0.1, -0.05) is 33.6 Å². The normalized spacial score (nSPS) is 35.6. The van der Waals surface area contributed by atoms with E-state index in [1.54, 1.807) is 0 Å². The molecule has 84 valence electrons. The molecule has 14 heavy (non-hydrogen) atoms. The zero-order chi connectivity index (χ0) is 10.6. The van der Waals surface area contributed by atoms with Crippen LogP contribution in [0.5, 0.6) is 0 Å². The first-order valence-corrected chi connectivity index (χ1v) is 5.96. The van der Waals surface area contributed by atoms with Crippen LogP contribution in [0.1, 0.15) is 52.9 Å². The molecule has 0 aliphatic carbocycles. The number of ether oxygens (including phenoxy) is 1. The van der Waals surface area contributed by atoms with Crippen LogP contribution in [0.4, 0.5) is 0 Å². The average Bonchev–Trinajstić information content (AvgIpc) is 2.17. The number of hydrogen-bond donors (Lipinski definition) is 1. The van der Waals surface area contributed by atoms with Crippen molar-refractivity contribution in [3.8, 4) is 0 Å². The lowest BCUT2D eigenvalue weighted by molar-refractivity contribution is -0.130. The largest absolute Gasteiger partial charge is 0.389 e. The third kappa shape index (κ3) is 2.71. The molecule has 0 amide bonds. The van der Waals surface area contributed by atoms with Crippen LogP contribution in [0.15, 0.2) is 0 Å². The van der Waals surface area contributed by atoms with Gasteiger partial charge in [0.25, 0.3) is 0 Å². The molecule has 3 unspecified atom stereocenters. The van der Waals surface area contributed by atoms with Gasteiger partial charge >= 0.3 is 0 Å². The monoisotopic (exact) mass is 200 g/mol.